The molecule has 0 aliphatic heterocycles. The van der Waals surface area contributed by atoms with Crippen LogP contribution < -0.4 is 5.32 Å². The first kappa shape index (κ1) is 13.1. The molecule has 1 aromatic carbocycles. The molecule has 1 rings (SSSR count). The fourth-order valence-electron chi connectivity index (χ4n) is 1.52. The Bertz CT molecular complexity index is 332. The van der Waals surface area contributed by atoms with Crippen molar-refractivity contribution in [3.8, 4) is 0 Å². The summed E-state index contributed by atoms with van der Waals surface area (Å²) >= 11 is 4.02. The molecule has 16 heavy (non-hydrogen) atoms. The summed E-state index contributed by atoms with van der Waals surface area (Å²) in [5.41, 5.74) is 2.17. The van der Waals surface area contributed by atoms with Crippen LogP contribution in [-0.4, -0.2) is 11.7 Å². The Balaban J connectivity index is 2.54. The number of hydrogen-bond donors (Lipinski definition) is 2. The maximum absolute atomic E-state index is 11.3. The first-order valence-electron chi connectivity index (χ1n) is 5.61. The van der Waals surface area contributed by atoms with Crippen LogP contribution in [0.3, 0.4) is 0 Å². The number of nitrogens with one attached hydrogen (secondary N) is 1. The van der Waals surface area contributed by atoms with Gasteiger partial charge < -0.3 is 5.32 Å². The lowest BCUT2D eigenvalue weighted by Crippen LogP contribution is -2.11. The minimum absolute atomic E-state index is 0.0200. The van der Waals surface area contributed by atoms with Crippen molar-refractivity contribution in [3.63, 3.8) is 0 Å². The van der Waals surface area contributed by atoms with E-state index in [0.717, 1.165) is 12.1 Å². The van der Waals surface area contributed by atoms with E-state index in [2.05, 4.69) is 43.9 Å². The first-order chi connectivity index (χ1) is 7.61. The third-order valence-electron chi connectivity index (χ3n) is 2.22. The number of thiol groups is 1. The van der Waals surface area contributed by atoms with Gasteiger partial charge in [0.05, 0.1) is 0 Å². The van der Waals surface area contributed by atoms with Gasteiger partial charge in [-0.25, -0.2) is 0 Å². The molecule has 0 unspecified atom stereocenters. The summed E-state index contributed by atoms with van der Waals surface area (Å²) in [6.07, 6.45) is 1.53. The van der Waals surface area contributed by atoms with Crippen molar-refractivity contribution in [3.05, 3.63) is 29.8 Å². The molecule has 3 heteroatoms. The second-order valence-electron chi connectivity index (χ2n) is 4.32. The lowest BCUT2D eigenvalue weighted by Gasteiger charge is -2.07. The summed E-state index contributed by atoms with van der Waals surface area (Å²) in [5, 5.41) is 2.84. The molecule has 88 valence electrons. The Morgan fingerprint density at radius 2 is 1.94 bits per heavy atom. The van der Waals surface area contributed by atoms with E-state index in [0.29, 0.717) is 18.1 Å². The molecule has 0 heterocycles. The zero-order valence-electron chi connectivity index (χ0n) is 9.86. The Morgan fingerprint density at radius 3 is 2.44 bits per heavy atom. The predicted molar refractivity (Wildman–Crippen MR) is 72.1 cm³/mol. The molecule has 1 N–H and O–H groups in total. The quantitative estimate of drug-likeness (QED) is 0.757. The molecule has 0 spiro atoms. The largest absolute Gasteiger partial charge is 0.326 e. The molecular weight excluding hydrogens is 218 g/mol. The zero-order valence-corrected chi connectivity index (χ0v) is 10.8. The normalized spacial score (nSPS) is 10.5. The van der Waals surface area contributed by atoms with Gasteiger partial charge in [0.2, 0.25) is 5.91 Å². The molecule has 1 amide bonds. The Labute approximate surface area is 103 Å². The predicted octanol–water partition coefficient (Wildman–Crippen LogP) is 3.14. The van der Waals surface area contributed by atoms with Gasteiger partial charge in [-0.15, -0.1) is 0 Å². The van der Waals surface area contributed by atoms with Gasteiger partial charge in [0.25, 0.3) is 0 Å². The molecule has 2 nitrogen and oxygen atoms in total. The van der Waals surface area contributed by atoms with Crippen LogP contribution in [-0.2, 0) is 11.2 Å². The topological polar surface area (TPSA) is 29.1 Å². The van der Waals surface area contributed by atoms with Crippen molar-refractivity contribution < 1.29 is 4.79 Å². The van der Waals surface area contributed by atoms with E-state index in [-0.39, 0.29) is 5.91 Å². The SMILES string of the molecule is CC(C)Cc1ccc(NC(=O)CCS)cc1. The number of rotatable bonds is 5. The highest BCUT2D eigenvalue weighted by Crippen LogP contribution is 2.13. The molecule has 0 atom stereocenters. The lowest BCUT2D eigenvalue weighted by atomic mass is 10.0. The van der Waals surface area contributed by atoms with Crippen molar-refractivity contribution in [2.24, 2.45) is 5.92 Å². The highest BCUT2D eigenvalue weighted by atomic mass is 32.1. The number of carbonyl (C=O) groups excluding carboxylic acids is 1. The van der Waals surface area contributed by atoms with E-state index in [4.69, 9.17) is 0 Å². The minimum Gasteiger partial charge on any atom is -0.326 e. The molecule has 0 aliphatic carbocycles. The van der Waals surface area contributed by atoms with Crippen molar-refractivity contribution >= 4 is 24.2 Å². The number of carbonyl (C=O) groups is 1. The number of benzene rings is 1. The van der Waals surface area contributed by atoms with Gasteiger partial charge in [0.15, 0.2) is 0 Å². The van der Waals surface area contributed by atoms with Crippen LogP contribution in [0.25, 0.3) is 0 Å². The van der Waals surface area contributed by atoms with Gasteiger partial charge in [-0.05, 0) is 35.8 Å². The minimum atomic E-state index is 0.0200. The maximum atomic E-state index is 11.3. The fraction of sp³-hybridized carbons (Fsp3) is 0.462. The molecule has 0 aromatic heterocycles. The Kier molecular flexibility index (Phi) is 5.39. The second kappa shape index (κ2) is 6.59. The number of anilines is 1. The second-order valence-corrected chi connectivity index (χ2v) is 4.76. The lowest BCUT2D eigenvalue weighted by molar-refractivity contribution is -0.115. The fourth-order valence-corrected chi connectivity index (χ4v) is 1.72. The molecule has 0 saturated heterocycles. The van der Waals surface area contributed by atoms with Gasteiger partial charge >= 0.3 is 0 Å². The average Bonchev–Trinajstić information content (AvgIpc) is 2.20. The summed E-state index contributed by atoms with van der Waals surface area (Å²) < 4.78 is 0. The monoisotopic (exact) mass is 237 g/mol. The molecule has 1 aromatic rings. The molecule has 0 radical (unpaired) electrons. The van der Waals surface area contributed by atoms with E-state index in [9.17, 15) is 4.79 Å². The highest BCUT2D eigenvalue weighted by molar-refractivity contribution is 7.80. The van der Waals surface area contributed by atoms with Crippen molar-refractivity contribution in [1.82, 2.24) is 0 Å². The smallest absolute Gasteiger partial charge is 0.225 e. The standard InChI is InChI=1S/C13H19NOS/c1-10(2)9-11-3-5-12(6-4-11)14-13(15)7-8-16/h3-6,10,16H,7-9H2,1-2H3,(H,14,15). The van der Waals surface area contributed by atoms with Crippen molar-refractivity contribution in [2.75, 3.05) is 11.1 Å². The zero-order chi connectivity index (χ0) is 12.0. The van der Waals surface area contributed by atoms with Gasteiger partial charge in [-0.1, -0.05) is 26.0 Å². The first-order valence-corrected chi connectivity index (χ1v) is 6.24. The number of hydrogen-bond acceptors (Lipinski definition) is 2. The van der Waals surface area contributed by atoms with Crippen LogP contribution in [0.1, 0.15) is 25.8 Å². The van der Waals surface area contributed by atoms with Gasteiger partial charge in [0.1, 0.15) is 0 Å². The molecule has 0 fully saturated rings. The average molecular weight is 237 g/mol. The van der Waals surface area contributed by atoms with Crippen LogP contribution in [0.15, 0.2) is 24.3 Å². The third-order valence-corrected chi connectivity index (χ3v) is 2.44. The van der Waals surface area contributed by atoms with Crippen molar-refractivity contribution in [2.45, 2.75) is 26.7 Å². The Hall–Kier alpha value is -0.960. The van der Waals surface area contributed by atoms with Crippen LogP contribution in [0, 0.1) is 5.92 Å². The van der Waals surface area contributed by atoms with Gasteiger partial charge in [-0.2, -0.15) is 12.6 Å². The van der Waals surface area contributed by atoms with E-state index in [1.807, 2.05) is 12.1 Å². The summed E-state index contributed by atoms with van der Waals surface area (Å²) in [6.45, 7) is 4.39. The van der Waals surface area contributed by atoms with Crippen LogP contribution >= 0.6 is 12.6 Å². The van der Waals surface area contributed by atoms with Gasteiger partial charge in [0, 0.05) is 12.1 Å². The molecular formula is C13H19NOS. The molecule has 0 aliphatic rings. The van der Waals surface area contributed by atoms with E-state index >= 15 is 0 Å². The van der Waals surface area contributed by atoms with Crippen LogP contribution in [0.5, 0.6) is 0 Å². The number of amides is 1. The summed E-state index contributed by atoms with van der Waals surface area (Å²) in [5.74, 6) is 1.26. The van der Waals surface area contributed by atoms with Crippen LogP contribution in [0.2, 0.25) is 0 Å². The highest BCUT2D eigenvalue weighted by Gasteiger charge is 2.01. The molecule has 0 bridgehead atoms. The van der Waals surface area contributed by atoms with E-state index < -0.39 is 0 Å². The summed E-state index contributed by atoms with van der Waals surface area (Å²) in [4.78, 5) is 11.3. The molecule has 0 saturated carbocycles. The summed E-state index contributed by atoms with van der Waals surface area (Å²) in [7, 11) is 0. The van der Waals surface area contributed by atoms with Crippen LogP contribution in [0.4, 0.5) is 5.69 Å². The Morgan fingerprint density at radius 1 is 1.31 bits per heavy atom. The third kappa shape index (κ3) is 4.71. The van der Waals surface area contributed by atoms with E-state index in [1.54, 1.807) is 0 Å². The van der Waals surface area contributed by atoms with Crippen molar-refractivity contribution in [1.29, 1.82) is 0 Å². The maximum Gasteiger partial charge on any atom is 0.225 e. The summed E-state index contributed by atoms with van der Waals surface area (Å²) in [6, 6.07) is 8.04. The van der Waals surface area contributed by atoms with E-state index in [1.165, 1.54) is 5.56 Å². The van der Waals surface area contributed by atoms with Gasteiger partial charge in [-0.3, -0.25) is 4.79 Å².